The van der Waals surface area contributed by atoms with Crippen molar-refractivity contribution < 1.29 is 9.53 Å². The lowest BCUT2D eigenvalue weighted by molar-refractivity contribution is -0.154. The molecule has 0 N–H and O–H groups in total. The third kappa shape index (κ3) is 0.351. The van der Waals surface area contributed by atoms with E-state index in [-0.39, 0.29) is 12.1 Å². The maximum atomic E-state index is 10.6. The van der Waals surface area contributed by atoms with E-state index < -0.39 is 0 Å². The van der Waals surface area contributed by atoms with Crippen molar-refractivity contribution in [2.75, 3.05) is 13.2 Å². The van der Waals surface area contributed by atoms with Crippen molar-refractivity contribution in [3.63, 3.8) is 0 Å². The number of carbonyl (C=O) groups is 1. The highest BCUT2D eigenvalue weighted by Crippen LogP contribution is 2.23. The van der Waals surface area contributed by atoms with Crippen LogP contribution >= 0.6 is 0 Å². The van der Waals surface area contributed by atoms with E-state index in [0.717, 1.165) is 13.2 Å². The van der Waals surface area contributed by atoms with Crippen LogP contribution in [-0.2, 0) is 9.53 Å². The maximum Gasteiger partial charge on any atom is 0.229 e. The first-order chi connectivity index (χ1) is 3.88. The molecule has 0 aromatic heterocycles. The fourth-order valence-corrected chi connectivity index (χ4v) is 1.13. The van der Waals surface area contributed by atoms with Crippen molar-refractivity contribution in [1.29, 1.82) is 0 Å². The molecule has 2 heterocycles. The van der Waals surface area contributed by atoms with E-state index in [0.29, 0.717) is 6.42 Å². The third-order valence-electron chi connectivity index (χ3n) is 1.66. The van der Waals surface area contributed by atoms with Gasteiger partial charge < -0.3 is 9.64 Å². The number of rotatable bonds is 0. The highest BCUT2D eigenvalue weighted by Gasteiger charge is 2.40. The van der Waals surface area contributed by atoms with E-state index in [4.69, 9.17) is 4.74 Å². The Morgan fingerprint density at radius 1 is 1.75 bits per heavy atom. The summed E-state index contributed by atoms with van der Waals surface area (Å²) in [6.07, 6.45) is 0.766. The van der Waals surface area contributed by atoms with Gasteiger partial charge in [0.2, 0.25) is 5.91 Å². The summed E-state index contributed by atoms with van der Waals surface area (Å²) in [5, 5.41) is 0. The highest BCUT2D eigenvalue weighted by molar-refractivity contribution is 5.82. The molecule has 0 saturated carbocycles. The zero-order valence-corrected chi connectivity index (χ0v) is 4.46. The van der Waals surface area contributed by atoms with E-state index in [9.17, 15) is 4.79 Å². The fraction of sp³-hybridized carbons (Fsp3) is 0.800. The number of carbonyl (C=O) groups excluding carboxylic acids is 1. The van der Waals surface area contributed by atoms with Crippen molar-refractivity contribution in [2.45, 2.75) is 12.6 Å². The number of hydrogen-bond acceptors (Lipinski definition) is 2. The topological polar surface area (TPSA) is 29.5 Å². The van der Waals surface area contributed by atoms with Crippen LogP contribution in [0.25, 0.3) is 0 Å². The molecule has 3 heteroatoms. The molecule has 0 bridgehead atoms. The van der Waals surface area contributed by atoms with E-state index >= 15 is 0 Å². The van der Waals surface area contributed by atoms with Crippen LogP contribution in [-0.4, -0.2) is 30.2 Å². The summed E-state index contributed by atoms with van der Waals surface area (Å²) in [6.45, 7) is 1.54. The van der Waals surface area contributed by atoms with Crippen LogP contribution in [0, 0.1) is 0 Å². The van der Waals surface area contributed by atoms with Gasteiger partial charge in [0.1, 0.15) is 6.23 Å². The van der Waals surface area contributed by atoms with Gasteiger partial charge in [-0.2, -0.15) is 0 Å². The highest BCUT2D eigenvalue weighted by atomic mass is 16.5. The van der Waals surface area contributed by atoms with Crippen LogP contribution in [0.1, 0.15) is 6.42 Å². The van der Waals surface area contributed by atoms with Crippen molar-refractivity contribution >= 4 is 5.91 Å². The molecular formula is C5H7NO2. The Morgan fingerprint density at radius 3 is 3.12 bits per heavy atom. The van der Waals surface area contributed by atoms with Crippen LogP contribution in [0.2, 0.25) is 0 Å². The van der Waals surface area contributed by atoms with E-state index in [1.54, 1.807) is 4.90 Å². The van der Waals surface area contributed by atoms with Crippen LogP contribution in [0.5, 0.6) is 0 Å². The number of nitrogens with zero attached hydrogens (tertiary/aromatic N) is 1. The Kier molecular flexibility index (Phi) is 0.663. The molecule has 0 radical (unpaired) electrons. The lowest BCUT2D eigenvalue weighted by Gasteiger charge is -2.31. The molecule has 0 aromatic rings. The predicted octanol–water partition coefficient (Wildman–Crippen LogP) is -0.425. The molecule has 0 unspecified atom stereocenters. The van der Waals surface area contributed by atoms with Gasteiger partial charge in [-0.3, -0.25) is 4.79 Å². The molecule has 44 valence electrons. The minimum Gasteiger partial charge on any atom is -0.356 e. The molecule has 1 amide bonds. The van der Waals surface area contributed by atoms with Gasteiger partial charge in [0, 0.05) is 6.54 Å². The van der Waals surface area contributed by atoms with Gasteiger partial charge in [-0.25, -0.2) is 0 Å². The molecule has 0 aliphatic carbocycles. The summed E-state index contributed by atoms with van der Waals surface area (Å²) in [5.41, 5.74) is 0. The molecule has 2 rings (SSSR count). The normalized spacial score (nSPS) is 34.8. The Balaban J connectivity index is 2.11. The number of fused-ring (bicyclic) bond motifs is 1. The van der Waals surface area contributed by atoms with Crippen molar-refractivity contribution in [3.8, 4) is 0 Å². The fourth-order valence-electron chi connectivity index (χ4n) is 1.13. The molecule has 3 nitrogen and oxygen atoms in total. The lowest BCUT2D eigenvalue weighted by atomic mass is 10.2. The number of amides is 1. The van der Waals surface area contributed by atoms with E-state index in [1.165, 1.54) is 0 Å². The monoisotopic (exact) mass is 113 g/mol. The third-order valence-corrected chi connectivity index (χ3v) is 1.66. The first-order valence-corrected chi connectivity index (χ1v) is 2.79. The number of ether oxygens (including phenoxy) is 1. The van der Waals surface area contributed by atoms with Gasteiger partial charge in [0.25, 0.3) is 0 Å². The second-order valence-electron chi connectivity index (χ2n) is 2.12. The van der Waals surface area contributed by atoms with Crippen LogP contribution in [0.3, 0.4) is 0 Å². The number of hydrogen-bond donors (Lipinski definition) is 0. The smallest absolute Gasteiger partial charge is 0.229 e. The van der Waals surface area contributed by atoms with Crippen molar-refractivity contribution in [3.05, 3.63) is 0 Å². The molecule has 0 spiro atoms. The first kappa shape index (κ1) is 4.32. The molecule has 2 aliphatic rings. The van der Waals surface area contributed by atoms with Crippen LogP contribution < -0.4 is 0 Å². The van der Waals surface area contributed by atoms with Gasteiger partial charge in [0.05, 0.1) is 13.0 Å². The molecule has 1 atom stereocenters. The lowest BCUT2D eigenvalue weighted by Crippen LogP contribution is -2.48. The van der Waals surface area contributed by atoms with Gasteiger partial charge in [0.15, 0.2) is 0 Å². The second-order valence-corrected chi connectivity index (χ2v) is 2.12. The minimum atomic E-state index is 0.155. The quantitative estimate of drug-likeness (QED) is 0.399. The van der Waals surface area contributed by atoms with Crippen molar-refractivity contribution in [2.24, 2.45) is 0 Å². The summed E-state index contributed by atoms with van der Waals surface area (Å²) in [7, 11) is 0. The number of β-lactam (4-membered cyclic amide) rings is 1. The van der Waals surface area contributed by atoms with Gasteiger partial charge in [-0.15, -0.1) is 0 Å². The molecule has 8 heavy (non-hydrogen) atoms. The SMILES string of the molecule is O=C1C[C@@H]2OCCN12. The standard InChI is InChI=1S/C5H7NO2/c7-4-3-5-6(4)1-2-8-5/h5H,1-3H2/t5-/m0/s1. The van der Waals surface area contributed by atoms with E-state index in [2.05, 4.69) is 0 Å². The second kappa shape index (κ2) is 1.23. The van der Waals surface area contributed by atoms with Crippen molar-refractivity contribution in [1.82, 2.24) is 4.90 Å². The molecule has 2 fully saturated rings. The zero-order chi connectivity index (χ0) is 5.56. The predicted molar refractivity (Wildman–Crippen MR) is 26.1 cm³/mol. The molecule has 2 aliphatic heterocycles. The molecular weight excluding hydrogens is 106 g/mol. The maximum absolute atomic E-state index is 10.6. The van der Waals surface area contributed by atoms with Gasteiger partial charge >= 0.3 is 0 Å². The average molecular weight is 113 g/mol. The first-order valence-electron chi connectivity index (χ1n) is 2.79. The van der Waals surface area contributed by atoms with E-state index in [1.807, 2.05) is 0 Å². The average Bonchev–Trinajstić information content (AvgIpc) is 2.09. The summed E-state index contributed by atoms with van der Waals surface area (Å²) >= 11 is 0. The van der Waals surface area contributed by atoms with Gasteiger partial charge in [-0.05, 0) is 0 Å². The van der Waals surface area contributed by atoms with Gasteiger partial charge in [-0.1, -0.05) is 0 Å². The Labute approximate surface area is 47.2 Å². The summed E-state index contributed by atoms with van der Waals surface area (Å²) in [4.78, 5) is 12.3. The minimum absolute atomic E-state index is 0.155. The largest absolute Gasteiger partial charge is 0.356 e. The van der Waals surface area contributed by atoms with Crippen LogP contribution in [0.15, 0.2) is 0 Å². The Bertz CT molecular complexity index is 134. The summed E-state index contributed by atoms with van der Waals surface area (Å²) in [6, 6.07) is 0. The Morgan fingerprint density at radius 2 is 2.62 bits per heavy atom. The molecule has 0 aromatic carbocycles. The summed E-state index contributed by atoms with van der Waals surface area (Å²) < 4.78 is 5.13. The van der Waals surface area contributed by atoms with Crippen LogP contribution in [0.4, 0.5) is 0 Å². The summed E-state index contributed by atoms with van der Waals surface area (Å²) in [5.74, 6) is 0.243. The zero-order valence-electron chi connectivity index (χ0n) is 4.46. The Hall–Kier alpha value is -0.570. The molecule has 2 saturated heterocycles.